The fraction of sp³-hybridized carbons (Fsp3) is 0.0556. The first-order valence-corrected chi connectivity index (χ1v) is 7.79. The van der Waals surface area contributed by atoms with Gasteiger partial charge in [-0.2, -0.15) is 0 Å². The molecule has 0 atom stereocenters. The van der Waals surface area contributed by atoms with Crippen LogP contribution in [-0.2, 0) is 6.54 Å². The summed E-state index contributed by atoms with van der Waals surface area (Å²) in [5, 5.41) is 7.42. The maximum Gasteiger partial charge on any atom is 0.159 e. The lowest BCUT2D eigenvalue weighted by Crippen LogP contribution is -2.08. The Bertz CT molecular complexity index is 994. The molecule has 0 amide bonds. The number of nitrogens with two attached hydrogens (primary N) is 1. The van der Waals surface area contributed by atoms with Gasteiger partial charge in [0.2, 0.25) is 0 Å². The van der Waals surface area contributed by atoms with E-state index < -0.39 is 0 Å². The standard InChI is InChI=1S/C18H16N6O/c19-16-17(21-10-12-4-3-9-25-12)22-11-23-18(16)24-15-7-1-6-14-13(15)5-2-8-20-14/h1-9,11H,10,19H2,(H2,21,22,23,24). The molecule has 0 aliphatic heterocycles. The van der Waals surface area contributed by atoms with Gasteiger partial charge in [0.25, 0.3) is 0 Å². The van der Waals surface area contributed by atoms with Gasteiger partial charge in [0.1, 0.15) is 17.8 Å². The van der Waals surface area contributed by atoms with Gasteiger partial charge >= 0.3 is 0 Å². The Morgan fingerprint density at radius 3 is 2.76 bits per heavy atom. The summed E-state index contributed by atoms with van der Waals surface area (Å²) in [6, 6.07) is 13.5. The van der Waals surface area contributed by atoms with Crippen molar-refractivity contribution in [3.05, 3.63) is 67.0 Å². The van der Waals surface area contributed by atoms with E-state index in [2.05, 4.69) is 25.6 Å². The van der Waals surface area contributed by atoms with Crippen molar-refractivity contribution in [2.75, 3.05) is 16.4 Å². The summed E-state index contributed by atoms with van der Waals surface area (Å²) in [4.78, 5) is 12.8. The lowest BCUT2D eigenvalue weighted by atomic mass is 10.2. The van der Waals surface area contributed by atoms with Gasteiger partial charge in [-0.15, -0.1) is 0 Å². The number of aromatic nitrogens is 3. The topological polar surface area (TPSA) is 102 Å². The third-order valence-corrected chi connectivity index (χ3v) is 3.79. The fourth-order valence-electron chi connectivity index (χ4n) is 2.56. The van der Waals surface area contributed by atoms with Crippen molar-refractivity contribution >= 4 is 33.9 Å². The quantitative estimate of drug-likeness (QED) is 0.513. The Balaban J connectivity index is 1.61. The largest absolute Gasteiger partial charge is 0.467 e. The lowest BCUT2D eigenvalue weighted by molar-refractivity contribution is 0.518. The molecule has 3 aromatic heterocycles. The number of hydrogen-bond donors (Lipinski definition) is 3. The van der Waals surface area contributed by atoms with Crippen molar-refractivity contribution in [2.45, 2.75) is 6.54 Å². The summed E-state index contributed by atoms with van der Waals surface area (Å²) in [6.45, 7) is 0.492. The molecule has 0 fully saturated rings. The molecular weight excluding hydrogens is 316 g/mol. The molecular formula is C18H16N6O. The summed E-state index contributed by atoms with van der Waals surface area (Å²) in [6.07, 6.45) is 4.86. The first kappa shape index (κ1) is 14.9. The van der Waals surface area contributed by atoms with Crippen LogP contribution >= 0.6 is 0 Å². The molecule has 1 aromatic carbocycles. The van der Waals surface area contributed by atoms with Crippen molar-refractivity contribution in [1.82, 2.24) is 15.0 Å². The maximum atomic E-state index is 6.22. The molecule has 3 heterocycles. The number of benzene rings is 1. The van der Waals surface area contributed by atoms with Crippen LogP contribution in [0, 0.1) is 0 Å². The zero-order valence-electron chi connectivity index (χ0n) is 13.3. The molecule has 0 spiro atoms. The van der Waals surface area contributed by atoms with E-state index in [4.69, 9.17) is 10.2 Å². The van der Waals surface area contributed by atoms with E-state index in [0.717, 1.165) is 22.4 Å². The molecule has 0 radical (unpaired) electrons. The number of nitrogens with one attached hydrogen (secondary N) is 2. The molecule has 0 saturated carbocycles. The average molecular weight is 332 g/mol. The van der Waals surface area contributed by atoms with Crippen LogP contribution in [0.15, 0.2) is 65.7 Å². The van der Waals surface area contributed by atoms with E-state index in [0.29, 0.717) is 23.9 Å². The highest BCUT2D eigenvalue weighted by Crippen LogP contribution is 2.29. The van der Waals surface area contributed by atoms with Crippen LogP contribution in [0.25, 0.3) is 10.9 Å². The number of rotatable bonds is 5. The lowest BCUT2D eigenvalue weighted by Gasteiger charge is -2.13. The van der Waals surface area contributed by atoms with Gasteiger partial charge in [-0.3, -0.25) is 4.98 Å². The van der Waals surface area contributed by atoms with Gasteiger partial charge in [-0.1, -0.05) is 6.07 Å². The number of pyridine rings is 1. The molecule has 0 unspecified atom stereocenters. The first-order valence-electron chi connectivity index (χ1n) is 7.79. The van der Waals surface area contributed by atoms with Crippen LogP contribution < -0.4 is 16.4 Å². The van der Waals surface area contributed by atoms with Crippen LogP contribution in [0.3, 0.4) is 0 Å². The van der Waals surface area contributed by atoms with E-state index in [9.17, 15) is 0 Å². The van der Waals surface area contributed by atoms with Gasteiger partial charge in [-0.25, -0.2) is 9.97 Å². The Kier molecular flexibility index (Phi) is 3.88. The van der Waals surface area contributed by atoms with Crippen molar-refractivity contribution in [2.24, 2.45) is 0 Å². The third-order valence-electron chi connectivity index (χ3n) is 3.79. The number of nitrogens with zero attached hydrogens (tertiary/aromatic N) is 3. The molecule has 0 aliphatic carbocycles. The normalized spacial score (nSPS) is 10.7. The minimum absolute atomic E-state index is 0.440. The molecule has 7 heteroatoms. The van der Waals surface area contributed by atoms with Crippen molar-refractivity contribution < 1.29 is 4.42 Å². The Hall–Kier alpha value is -3.61. The van der Waals surface area contributed by atoms with Crippen molar-refractivity contribution in [3.8, 4) is 0 Å². The van der Waals surface area contributed by atoms with Gasteiger partial charge in [0.15, 0.2) is 11.6 Å². The summed E-state index contributed by atoms with van der Waals surface area (Å²) < 4.78 is 5.30. The molecule has 0 aliphatic rings. The highest BCUT2D eigenvalue weighted by atomic mass is 16.3. The number of furan rings is 1. The molecule has 25 heavy (non-hydrogen) atoms. The first-order chi connectivity index (χ1) is 12.3. The molecule has 0 saturated heterocycles. The minimum atomic E-state index is 0.440. The molecule has 4 rings (SSSR count). The molecule has 4 aromatic rings. The van der Waals surface area contributed by atoms with Gasteiger partial charge < -0.3 is 20.8 Å². The Labute approximate surface area is 143 Å². The number of hydrogen-bond acceptors (Lipinski definition) is 7. The Morgan fingerprint density at radius 2 is 1.88 bits per heavy atom. The monoisotopic (exact) mass is 332 g/mol. The second-order valence-electron chi connectivity index (χ2n) is 5.42. The van der Waals surface area contributed by atoms with Gasteiger partial charge in [0, 0.05) is 17.3 Å². The van der Waals surface area contributed by atoms with Crippen molar-refractivity contribution in [3.63, 3.8) is 0 Å². The number of fused-ring (bicyclic) bond motifs is 1. The minimum Gasteiger partial charge on any atom is -0.467 e. The van der Waals surface area contributed by atoms with Gasteiger partial charge in [0.05, 0.1) is 18.3 Å². The number of anilines is 4. The smallest absolute Gasteiger partial charge is 0.159 e. The predicted molar refractivity (Wildman–Crippen MR) is 97.5 cm³/mol. The van der Waals surface area contributed by atoms with E-state index in [1.165, 1.54) is 6.33 Å². The zero-order chi connectivity index (χ0) is 17.1. The molecule has 7 nitrogen and oxygen atoms in total. The number of nitrogen functional groups attached to an aromatic ring is 1. The van der Waals surface area contributed by atoms with E-state index in [1.54, 1.807) is 12.5 Å². The average Bonchev–Trinajstić information content (AvgIpc) is 3.16. The molecule has 4 N–H and O–H groups in total. The van der Waals surface area contributed by atoms with Crippen LogP contribution in [0.4, 0.5) is 23.0 Å². The van der Waals surface area contributed by atoms with Crippen LogP contribution in [-0.4, -0.2) is 15.0 Å². The van der Waals surface area contributed by atoms with Crippen LogP contribution in [0.2, 0.25) is 0 Å². The Morgan fingerprint density at radius 1 is 0.960 bits per heavy atom. The second-order valence-corrected chi connectivity index (χ2v) is 5.42. The third kappa shape index (κ3) is 3.07. The van der Waals surface area contributed by atoms with Crippen LogP contribution in [0.5, 0.6) is 0 Å². The molecule has 124 valence electrons. The molecule has 0 bridgehead atoms. The summed E-state index contributed by atoms with van der Waals surface area (Å²) in [5.74, 6) is 1.88. The summed E-state index contributed by atoms with van der Waals surface area (Å²) in [7, 11) is 0. The predicted octanol–water partition coefficient (Wildman–Crippen LogP) is 3.56. The zero-order valence-corrected chi connectivity index (χ0v) is 13.3. The summed E-state index contributed by atoms with van der Waals surface area (Å²) >= 11 is 0. The van der Waals surface area contributed by atoms with E-state index in [1.807, 2.05) is 42.5 Å². The fourth-order valence-corrected chi connectivity index (χ4v) is 2.56. The summed E-state index contributed by atoms with van der Waals surface area (Å²) in [5.41, 5.74) is 8.44. The highest BCUT2D eigenvalue weighted by Gasteiger charge is 2.10. The highest BCUT2D eigenvalue weighted by molar-refractivity contribution is 5.94. The second kappa shape index (κ2) is 6.48. The van der Waals surface area contributed by atoms with E-state index in [-0.39, 0.29) is 0 Å². The van der Waals surface area contributed by atoms with Crippen LogP contribution in [0.1, 0.15) is 5.76 Å². The maximum absolute atomic E-state index is 6.22. The van der Waals surface area contributed by atoms with E-state index >= 15 is 0 Å². The van der Waals surface area contributed by atoms with Crippen molar-refractivity contribution in [1.29, 1.82) is 0 Å². The SMILES string of the molecule is Nc1c(NCc2ccco2)ncnc1Nc1cccc2ncccc12. The van der Waals surface area contributed by atoms with Gasteiger partial charge in [-0.05, 0) is 36.4 Å².